The van der Waals surface area contributed by atoms with Gasteiger partial charge in [-0.3, -0.25) is 0 Å². The molecular formula is C14H13FN4O. The average Bonchev–Trinajstić information content (AvgIpc) is 2.70. The van der Waals surface area contributed by atoms with Gasteiger partial charge in [-0.25, -0.2) is 14.4 Å². The summed E-state index contributed by atoms with van der Waals surface area (Å²) in [5.74, 6) is 0.130. The quantitative estimate of drug-likeness (QED) is 0.878. The lowest BCUT2D eigenvalue weighted by atomic mass is 10.3. The van der Waals surface area contributed by atoms with Gasteiger partial charge in [0.1, 0.15) is 17.7 Å². The molecule has 0 fully saturated rings. The van der Waals surface area contributed by atoms with E-state index >= 15 is 0 Å². The van der Waals surface area contributed by atoms with Gasteiger partial charge in [-0.05, 0) is 30.4 Å². The van der Waals surface area contributed by atoms with Crippen molar-refractivity contribution < 1.29 is 9.50 Å². The Bertz CT molecular complexity index is 745. The van der Waals surface area contributed by atoms with Crippen molar-refractivity contribution in [3.05, 3.63) is 54.4 Å². The lowest BCUT2D eigenvalue weighted by Crippen LogP contribution is -2.05. The van der Waals surface area contributed by atoms with Crippen LogP contribution in [-0.2, 0) is 7.05 Å². The van der Waals surface area contributed by atoms with Crippen LogP contribution in [0.3, 0.4) is 0 Å². The number of anilines is 1. The molecule has 1 aliphatic carbocycles. The third-order valence-electron chi connectivity index (χ3n) is 3.02. The van der Waals surface area contributed by atoms with Crippen molar-refractivity contribution in [1.82, 2.24) is 14.5 Å². The predicted octanol–water partition coefficient (Wildman–Crippen LogP) is 2.05. The molecule has 102 valence electrons. The number of halogens is 1. The van der Waals surface area contributed by atoms with Crippen molar-refractivity contribution in [3.8, 4) is 0 Å². The van der Waals surface area contributed by atoms with Crippen LogP contribution in [0.5, 0.6) is 0 Å². The highest BCUT2D eigenvalue weighted by atomic mass is 19.1. The minimum atomic E-state index is -0.974. The van der Waals surface area contributed by atoms with Gasteiger partial charge in [0.25, 0.3) is 0 Å². The molecule has 2 aromatic heterocycles. The van der Waals surface area contributed by atoms with Gasteiger partial charge in [-0.15, -0.1) is 0 Å². The summed E-state index contributed by atoms with van der Waals surface area (Å²) in [4.78, 5) is 8.37. The fourth-order valence-corrected chi connectivity index (χ4v) is 2.11. The van der Waals surface area contributed by atoms with Crippen LogP contribution in [0.1, 0.15) is 0 Å². The highest BCUT2D eigenvalue weighted by molar-refractivity contribution is 5.87. The van der Waals surface area contributed by atoms with Crippen LogP contribution in [0.2, 0.25) is 0 Å². The Hall–Kier alpha value is -2.47. The van der Waals surface area contributed by atoms with Gasteiger partial charge < -0.3 is 15.0 Å². The van der Waals surface area contributed by atoms with Crippen molar-refractivity contribution in [1.29, 1.82) is 0 Å². The van der Waals surface area contributed by atoms with Gasteiger partial charge in [0, 0.05) is 18.9 Å². The maximum atomic E-state index is 13.2. The van der Waals surface area contributed by atoms with Crippen LogP contribution in [0, 0.1) is 0 Å². The Labute approximate surface area is 114 Å². The SMILES string of the molecule is Cn1ccc2ncnc(NC3=CC(O)C=C(F)C=C3)c21. The molecule has 6 heteroatoms. The summed E-state index contributed by atoms with van der Waals surface area (Å²) in [7, 11) is 1.89. The summed E-state index contributed by atoms with van der Waals surface area (Å²) in [6, 6.07) is 1.88. The zero-order valence-electron chi connectivity index (χ0n) is 10.8. The lowest BCUT2D eigenvalue weighted by molar-refractivity contribution is 0.268. The number of aliphatic hydroxyl groups excluding tert-OH is 1. The number of hydrogen-bond donors (Lipinski definition) is 2. The maximum Gasteiger partial charge on any atom is 0.158 e. The van der Waals surface area contributed by atoms with E-state index in [4.69, 9.17) is 0 Å². The number of hydrogen-bond acceptors (Lipinski definition) is 4. The van der Waals surface area contributed by atoms with E-state index < -0.39 is 11.9 Å². The van der Waals surface area contributed by atoms with Gasteiger partial charge in [0.15, 0.2) is 5.82 Å². The highest BCUT2D eigenvalue weighted by Gasteiger charge is 2.10. The monoisotopic (exact) mass is 272 g/mol. The molecule has 2 heterocycles. The van der Waals surface area contributed by atoms with E-state index in [2.05, 4.69) is 15.3 Å². The molecule has 0 saturated heterocycles. The number of nitrogens with one attached hydrogen (secondary N) is 1. The largest absolute Gasteiger partial charge is 0.385 e. The van der Waals surface area contributed by atoms with Crippen LogP contribution in [0.15, 0.2) is 54.4 Å². The molecule has 0 amide bonds. The molecule has 2 aromatic rings. The second kappa shape index (κ2) is 4.90. The van der Waals surface area contributed by atoms with E-state index in [1.165, 1.54) is 18.5 Å². The lowest BCUT2D eigenvalue weighted by Gasteiger charge is -2.09. The zero-order chi connectivity index (χ0) is 14.1. The Kier molecular flexibility index (Phi) is 3.08. The summed E-state index contributed by atoms with van der Waals surface area (Å²) < 4.78 is 15.1. The normalized spacial score (nSPS) is 18.6. The van der Waals surface area contributed by atoms with Gasteiger partial charge in [0.2, 0.25) is 0 Å². The molecule has 1 unspecified atom stereocenters. The highest BCUT2D eigenvalue weighted by Crippen LogP contribution is 2.22. The smallest absolute Gasteiger partial charge is 0.158 e. The van der Waals surface area contributed by atoms with Crippen molar-refractivity contribution >= 4 is 16.9 Å². The Morgan fingerprint density at radius 3 is 3.00 bits per heavy atom. The van der Waals surface area contributed by atoms with Gasteiger partial charge >= 0.3 is 0 Å². The Morgan fingerprint density at radius 2 is 2.15 bits per heavy atom. The summed E-state index contributed by atoms with van der Waals surface area (Å²) >= 11 is 0. The molecule has 0 bridgehead atoms. The third-order valence-corrected chi connectivity index (χ3v) is 3.02. The van der Waals surface area contributed by atoms with Crippen LogP contribution in [0.25, 0.3) is 11.0 Å². The topological polar surface area (TPSA) is 63.0 Å². The van der Waals surface area contributed by atoms with Crippen LogP contribution >= 0.6 is 0 Å². The number of aromatic nitrogens is 3. The molecule has 1 aliphatic rings. The van der Waals surface area contributed by atoms with E-state index in [9.17, 15) is 9.50 Å². The first-order chi connectivity index (χ1) is 9.63. The Morgan fingerprint density at radius 1 is 1.30 bits per heavy atom. The van der Waals surface area contributed by atoms with Crippen LogP contribution in [0.4, 0.5) is 10.2 Å². The molecule has 1 atom stereocenters. The van der Waals surface area contributed by atoms with Gasteiger partial charge in [-0.1, -0.05) is 0 Å². The molecule has 0 spiro atoms. The minimum Gasteiger partial charge on any atom is -0.385 e. The average molecular weight is 272 g/mol. The van der Waals surface area contributed by atoms with Crippen molar-refractivity contribution in [2.75, 3.05) is 5.32 Å². The second-order valence-electron chi connectivity index (χ2n) is 4.51. The molecule has 5 nitrogen and oxygen atoms in total. The summed E-state index contributed by atoms with van der Waals surface area (Å²) in [5.41, 5.74) is 2.23. The number of aryl methyl sites for hydroxylation is 1. The number of nitrogens with zero attached hydrogens (tertiary/aromatic N) is 3. The predicted molar refractivity (Wildman–Crippen MR) is 74.6 cm³/mol. The Balaban J connectivity index is 1.98. The standard InChI is InChI=1S/C14H13FN4O/c1-19-5-4-12-13(19)14(17-8-16-12)18-10-3-2-9(15)6-11(20)7-10/h2-8,11,20H,1H3,(H,16,17,18). The first-order valence-corrected chi connectivity index (χ1v) is 6.12. The number of aliphatic hydroxyl groups is 1. The molecule has 0 aliphatic heterocycles. The van der Waals surface area contributed by atoms with Gasteiger partial charge in [0.05, 0.1) is 11.6 Å². The first-order valence-electron chi connectivity index (χ1n) is 6.12. The van der Waals surface area contributed by atoms with Crippen molar-refractivity contribution in [3.63, 3.8) is 0 Å². The van der Waals surface area contributed by atoms with E-state index in [0.717, 1.165) is 17.1 Å². The van der Waals surface area contributed by atoms with E-state index in [1.54, 1.807) is 6.08 Å². The zero-order valence-corrected chi connectivity index (χ0v) is 10.8. The van der Waals surface area contributed by atoms with Crippen LogP contribution in [-0.4, -0.2) is 25.7 Å². The molecule has 2 N–H and O–H groups in total. The van der Waals surface area contributed by atoms with Crippen LogP contribution < -0.4 is 5.32 Å². The van der Waals surface area contributed by atoms with Crippen molar-refractivity contribution in [2.45, 2.75) is 6.10 Å². The van der Waals surface area contributed by atoms with E-state index in [-0.39, 0.29) is 0 Å². The fraction of sp³-hybridized carbons (Fsp3) is 0.143. The minimum absolute atomic E-state index is 0.475. The fourth-order valence-electron chi connectivity index (χ4n) is 2.11. The van der Waals surface area contributed by atoms with E-state index in [0.29, 0.717) is 11.5 Å². The number of rotatable bonds is 2. The molecule has 0 radical (unpaired) electrons. The second-order valence-corrected chi connectivity index (χ2v) is 4.51. The molecule has 0 saturated carbocycles. The molecular weight excluding hydrogens is 259 g/mol. The molecule has 20 heavy (non-hydrogen) atoms. The number of allylic oxidation sites excluding steroid dienone is 3. The summed E-state index contributed by atoms with van der Waals surface area (Å²) in [5, 5.41) is 12.7. The maximum absolute atomic E-state index is 13.2. The molecule has 0 aromatic carbocycles. The van der Waals surface area contributed by atoms with E-state index in [1.807, 2.05) is 23.9 Å². The van der Waals surface area contributed by atoms with Crippen molar-refractivity contribution in [2.24, 2.45) is 7.05 Å². The number of fused-ring (bicyclic) bond motifs is 1. The summed E-state index contributed by atoms with van der Waals surface area (Å²) in [6.07, 6.45) is 7.86. The summed E-state index contributed by atoms with van der Waals surface area (Å²) in [6.45, 7) is 0. The third kappa shape index (κ3) is 2.33. The first kappa shape index (κ1) is 12.6. The molecule has 3 rings (SSSR count). The van der Waals surface area contributed by atoms with Gasteiger partial charge in [-0.2, -0.15) is 0 Å².